The number of nitrogens with one attached hydrogen (secondary N) is 1. The Kier molecular flexibility index (Phi) is 6.93. The maximum Gasteiger partial charge on any atom is 0.223 e. The summed E-state index contributed by atoms with van der Waals surface area (Å²) in [6, 6.07) is 8.33. The fraction of sp³-hybridized carbons (Fsp3) is 0.444. The third-order valence-corrected chi connectivity index (χ3v) is 3.99. The van der Waals surface area contributed by atoms with Crippen LogP contribution >= 0.6 is 0 Å². The van der Waals surface area contributed by atoms with E-state index >= 15 is 0 Å². The smallest absolute Gasteiger partial charge is 0.223 e. The molecule has 0 saturated carbocycles. The van der Waals surface area contributed by atoms with E-state index in [1.165, 1.54) is 12.1 Å². The second-order valence-corrected chi connectivity index (χ2v) is 5.95. The lowest BCUT2D eigenvalue weighted by Crippen LogP contribution is -2.29. The van der Waals surface area contributed by atoms with E-state index in [0.29, 0.717) is 13.0 Å². The lowest BCUT2D eigenvalue weighted by atomic mass is 10.1. The molecule has 24 heavy (non-hydrogen) atoms. The van der Waals surface area contributed by atoms with Gasteiger partial charge in [0.15, 0.2) is 0 Å². The maximum atomic E-state index is 12.9. The molecule has 1 aromatic heterocycles. The van der Waals surface area contributed by atoms with E-state index in [4.69, 9.17) is 5.73 Å². The third-order valence-electron chi connectivity index (χ3n) is 3.99. The predicted octanol–water partition coefficient (Wildman–Crippen LogP) is 2.74. The Morgan fingerprint density at radius 3 is 2.71 bits per heavy atom. The summed E-state index contributed by atoms with van der Waals surface area (Å²) < 4.78 is 12.9. The van der Waals surface area contributed by atoms with Crippen molar-refractivity contribution in [2.75, 3.05) is 20.1 Å². The van der Waals surface area contributed by atoms with Gasteiger partial charge in [0.1, 0.15) is 5.82 Å². The first kappa shape index (κ1) is 18.1. The molecule has 3 N–H and O–H groups in total. The zero-order valence-corrected chi connectivity index (χ0v) is 14.1. The fourth-order valence-corrected chi connectivity index (χ4v) is 2.54. The number of hydrogen-bond donors (Lipinski definition) is 2. The third kappa shape index (κ3) is 5.45. The van der Waals surface area contributed by atoms with Crippen LogP contribution in [0, 0.1) is 5.82 Å². The lowest BCUT2D eigenvalue weighted by molar-refractivity contribution is -0.129. The van der Waals surface area contributed by atoms with Gasteiger partial charge in [-0.15, -0.1) is 0 Å². The summed E-state index contributed by atoms with van der Waals surface area (Å²) in [4.78, 5) is 13.3. The molecule has 1 heterocycles. The van der Waals surface area contributed by atoms with Crippen LogP contribution in [0.3, 0.4) is 0 Å². The molecule has 2 rings (SSSR count). The Balaban J connectivity index is 1.70. The van der Waals surface area contributed by atoms with Crippen molar-refractivity contribution in [1.29, 1.82) is 0 Å². The van der Waals surface area contributed by atoms with Crippen molar-refractivity contribution < 1.29 is 9.18 Å². The number of carbonyl (C=O) groups is 1. The van der Waals surface area contributed by atoms with E-state index in [1.54, 1.807) is 17.0 Å². The molecule has 130 valence electrons. The molecule has 0 bridgehead atoms. The number of rotatable bonds is 9. The molecule has 0 unspecified atom stereocenters. The molecule has 0 aliphatic rings. The average molecular weight is 332 g/mol. The Morgan fingerprint density at radius 2 is 2.00 bits per heavy atom. The number of aryl methyl sites for hydroxylation is 1. The summed E-state index contributed by atoms with van der Waals surface area (Å²) in [6.07, 6.45) is 4.38. The van der Waals surface area contributed by atoms with Crippen molar-refractivity contribution >= 4 is 5.91 Å². The highest BCUT2D eigenvalue weighted by Crippen LogP contribution is 2.18. The number of hydrogen-bond acceptors (Lipinski definition) is 3. The summed E-state index contributed by atoms with van der Waals surface area (Å²) in [6.45, 7) is 1.17. The van der Waals surface area contributed by atoms with Gasteiger partial charge < -0.3 is 10.6 Å². The standard InChI is InChI=1S/C18H25FN4O/c1-23(18(24)10-11-20)12-4-2-3-5-16-13-17(22-21-16)14-6-8-15(19)9-7-14/h6-9,13H,2-5,10-12,20H2,1H3,(H,21,22). The first-order valence-electron chi connectivity index (χ1n) is 8.34. The van der Waals surface area contributed by atoms with Crippen LogP contribution in [0.4, 0.5) is 4.39 Å². The highest BCUT2D eigenvalue weighted by molar-refractivity contribution is 5.75. The topological polar surface area (TPSA) is 75.0 Å². The largest absolute Gasteiger partial charge is 0.346 e. The molecule has 1 aromatic carbocycles. The van der Waals surface area contributed by atoms with Crippen LogP contribution in [-0.4, -0.2) is 41.1 Å². The second kappa shape index (κ2) is 9.17. The number of nitrogens with zero attached hydrogens (tertiary/aromatic N) is 2. The highest BCUT2D eigenvalue weighted by atomic mass is 19.1. The van der Waals surface area contributed by atoms with E-state index in [1.807, 2.05) is 13.1 Å². The van der Waals surface area contributed by atoms with E-state index in [0.717, 1.165) is 49.2 Å². The van der Waals surface area contributed by atoms with Crippen LogP contribution in [0.1, 0.15) is 31.4 Å². The van der Waals surface area contributed by atoms with Gasteiger partial charge in [0.25, 0.3) is 0 Å². The van der Waals surface area contributed by atoms with Gasteiger partial charge in [-0.3, -0.25) is 9.89 Å². The molecule has 0 radical (unpaired) electrons. The molecule has 0 spiro atoms. The van der Waals surface area contributed by atoms with Crippen LogP contribution in [0.15, 0.2) is 30.3 Å². The molecule has 0 aliphatic heterocycles. The zero-order chi connectivity index (χ0) is 17.4. The molecule has 5 nitrogen and oxygen atoms in total. The molecular weight excluding hydrogens is 307 g/mol. The van der Waals surface area contributed by atoms with Crippen LogP contribution in [0.25, 0.3) is 11.3 Å². The quantitative estimate of drug-likeness (QED) is 0.693. The highest BCUT2D eigenvalue weighted by Gasteiger charge is 2.07. The van der Waals surface area contributed by atoms with Gasteiger partial charge in [-0.25, -0.2) is 4.39 Å². The molecule has 0 saturated heterocycles. The maximum absolute atomic E-state index is 12.9. The monoisotopic (exact) mass is 332 g/mol. The molecule has 6 heteroatoms. The van der Waals surface area contributed by atoms with Gasteiger partial charge >= 0.3 is 0 Å². The molecule has 0 fully saturated rings. The SMILES string of the molecule is CN(CCCCCc1cc(-c2ccc(F)cc2)n[nH]1)C(=O)CCN. The first-order chi connectivity index (χ1) is 11.6. The summed E-state index contributed by atoms with van der Waals surface area (Å²) in [5, 5.41) is 7.31. The zero-order valence-electron chi connectivity index (χ0n) is 14.1. The number of amides is 1. The number of benzene rings is 1. The van der Waals surface area contributed by atoms with Gasteiger partial charge in [0.05, 0.1) is 5.69 Å². The number of nitrogens with two attached hydrogens (primary N) is 1. The summed E-state index contributed by atoms with van der Waals surface area (Å²) in [7, 11) is 1.82. The lowest BCUT2D eigenvalue weighted by Gasteiger charge is -2.16. The number of aromatic nitrogens is 2. The Morgan fingerprint density at radius 1 is 1.25 bits per heavy atom. The van der Waals surface area contributed by atoms with Crippen LogP contribution in [-0.2, 0) is 11.2 Å². The Bertz CT molecular complexity index is 639. The minimum Gasteiger partial charge on any atom is -0.346 e. The minimum absolute atomic E-state index is 0.106. The van der Waals surface area contributed by atoms with Crippen LogP contribution in [0.5, 0.6) is 0 Å². The van der Waals surface area contributed by atoms with Gasteiger partial charge in [-0.1, -0.05) is 6.42 Å². The van der Waals surface area contributed by atoms with Gasteiger partial charge in [0, 0.05) is 37.8 Å². The average Bonchev–Trinajstić information content (AvgIpc) is 3.04. The normalized spacial score (nSPS) is 10.8. The van der Waals surface area contributed by atoms with E-state index in [9.17, 15) is 9.18 Å². The van der Waals surface area contributed by atoms with Crippen molar-refractivity contribution in [2.45, 2.75) is 32.1 Å². The number of unbranched alkanes of at least 4 members (excludes halogenated alkanes) is 2. The summed E-state index contributed by atoms with van der Waals surface area (Å²) >= 11 is 0. The summed E-state index contributed by atoms with van der Waals surface area (Å²) in [5.74, 6) is -0.139. The van der Waals surface area contributed by atoms with Crippen molar-refractivity contribution in [3.05, 3.63) is 41.8 Å². The van der Waals surface area contributed by atoms with Gasteiger partial charge in [-0.2, -0.15) is 5.10 Å². The van der Waals surface area contributed by atoms with Crippen LogP contribution < -0.4 is 5.73 Å². The summed E-state index contributed by atoms with van der Waals surface area (Å²) in [5.41, 5.74) is 8.19. The van der Waals surface area contributed by atoms with Crippen molar-refractivity contribution in [3.8, 4) is 11.3 Å². The first-order valence-corrected chi connectivity index (χ1v) is 8.34. The van der Waals surface area contributed by atoms with Gasteiger partial charge in [-0.05, 0) is 49.6 Å². The van der Waals surface area contributed by atoms with E-state index in [2.05, 4.69) is 10.2 Å². The number of carbonyl (C=O) groups excluding carboxylic acids is 1. The molecule has 1 amide bonds. The van der Waals surface area contributed by atoms with Crippen molar-refractivity contribution in [3.63, 3.8) is 0 Å². The Labute approximate surface area is 142 Å². The van der Waals surface area contributed by atoms with E-state index < -0.39 is 0 Å². The van der Waals surface area contributed by atoms with Crippen molar-refractivity contribution in [2.24, 2.45) is 5.73 Å². The van der Waals surface area contributed by atoms with Crippen LogP contribution in [0.2, 0.25) is 0 Å². The minimum atomic E-state index is -0.246. The van der Waals surface area contributed by atoms with Crippen molar-refractivity contribution in [1.82, 2.24) is 15.1 Å². The van der Waals surface area contributed by atoms with E-state index in [-0.39, 0.29) is 11.7 Å². The van der Waals surface area contributed by atoms with Gasteiger partial charge in [0.2, 0.25) is 5.91 Å². The molecule has 0 aliphatic carbocycles. The fourth-order valence-electron chi connectivity index (χ4n) is 2.54. The predicted molar refractivity (Wildman–Crippen MR) is 92.8 cm³/mol. The number of aromatic amines is 1. The number of H-pyrrole nitrogens is 1. The number of halogens is 1. The molecule has 2 aromatic rings. The molecular formula is C18H25FN4O. The molecule has 0 atom stereocenters. The second-order valence-electron chi connectivity index (χ2n) is 5.95. The Hall–Kier alpha value is -2.21.